The maximum atomic E-state index is 13.0. The molecule has 3 heterocycles. The molecule has 1 saturated heterocycles. The smallest absolute Gasteiger partial charge is 0.262 e. The van der Waals surface area contributed by atoms with E-state index in [1.807, 2.05) is 24.3 Å². The zero-order valence-corrected chi connectivity index (χ0v) is 16.5. The fraction of sp³-hybridized carbons (Fsp3) is 0.381. The number of H-pyrrole nitrogens is 1. The highest BCUT2D eigenvalue weighted by Crippen LogP contribution is 2.31. The number of amides is 1. The molecule has 29 heavy (non-hydrogen) atoms. The van der Waals surface area contributed by atoms with Gasteiger partial charge in [0.2, 0.25) is 5.71 Å². The molecular formula is C21H24N4O4. The molecule has 8 nitrogen and oxygen atoms in total. The van der Waals surface area contributed by atoms with Crippen molar-refractivity contribution in [3.63, 3.8) is 0 Å². The lowest BCUT2D eigenvalue weighted by atomic mass is 10.0. The van der Waals surface area contributed by atoms with Crippen LogP contribution in [-0.4, -0.2) is 47.5 Å². The third-order valence-corrected chi connectivity index (χ3v) is 5.43. The molecule has 0 saturated carbocycles. The second kappa shape index (κ2) is 8.08. The summed E-state index contributed by atoms with van der Waals surface area (Å²) in [6.07, 6.45) is 3.53. The number of benzene rings is 1. The summed E-state index contributed by atoms with van der Waals surface area (Å²) in [7, 11) is 1.65. The van der Waals surface area contributed by atoms with E-state index < -0.39 is 5.56 Å². The number of rotatable bonds is 6. The quantitative estimate of drug-likeness (QED) is 0.664. The van der Waals surface area contributed by atoms with Gasteiger partial charge in [0.05, 0.1) is 25.0 Å². The van der Waals surface area contributed by atoms with Crippen LogP contribution in [-0.2, 0) is 0 Å². The Balaban J connectivity index is 1.62. The Bertz CT molecular complexity index is 1080. The lowest BCUT2D eigenvalue weighted by molar-refractivity contribution is 0.0937. The average Bonchev–Trinajstić information content (AvgIpc) is 3.36. The summed E-state index contributed by atoms with van der Waals surface area (Å²) in [5, 5.41) is 3.17. The first-order valence-corrected chi connectivity index (χ1v) is 9.72. The Morgan fingerprint density at radius 2 is 2.10 bits per heavy atom. The van der Waals surface area contributed by atoms with Crippen molar-refractivity contribution in [1.82, 2.24) is 20.2 Å². The second-order valence-electron chi connectivity index (χ2n) is 7.16. The van der Waals surface area contributed by atoms with Crippen LogP contribution in [0, 0.1) is 6.92 Å². The Kier molecular flexibility index (Phi) is 5.35. The predicted molar refractivity (Wildman–Crippen MR) is 108 cm³/mol. The Morgan fingerprint density at radius 3 is 2.86 bits per heavy atom. The standard InChI is InChI=1S/C21H24N4O4/c1-13-17(18-20(27)23-12-24-21(18)29-13)19(26)22-11-15(25-9-5-6-10-25)14-7-3-4-8-16(14)28-2/h3-4,7-8,12,15H,5-6,9-11H2,1-2H3,(H,22,26)(H,23,24,27). The lowest BCUT2D eigenvalue weighted by Gasteiger charge is -2.29. The molecule has 4 rings (SSSR count). The normalized spacial score (nSPS) is 15.5. The van der Waals surface area contributed by atoms with E-state index >= 15 is 0 Å². The van der Waals surface area contributed by atoms with Gasteiger partial charge in [-0.3, -0.25) is 14.5 Å². The summed E-state index contributed by atoms with van der Waals surface area (Å²) in [5.41, 5.74) is 1.04. The number of para-hydroxylation sites is 1. The number of ether oxygens (including phenoxy) is 1. The third-order valence-electron chi connectivity index (χ3n) is 5.43. The van der Waals surface area contributed by atoms with Crippen molar-refractivity contribution < 1.29 is 13.9 Å². The largest absolute Gasteiger partial charge is 0.496 e. The van der Waals surface area contributed by atoms with Crippen LogP contribution >= 0.6 is 0 Å². The van der Waals surface area contributed by atoms with Gasteiger partial charge in [0.15, 0.2) is 0 Å². The number of aromatic nitrogens is 2. The van der Waals surface area contributed by atoms with E-state index in [9.17, 15) is 9.59 Å². The van der Waals surface area contributed by atoms with Crippen LogP contribution in [0.15, 0.2) is 39.8 Å². The van der Waals surface area contributed by atoms with Crippen molar-refractivity contribution in [1.29, 1.82) is 0 Å². The first-order chi connectivity index (χ1) is 14.1. The zero-order valence-electron chi connectivity index (χ0n) is 16.5. The number of nitrogens with one attached hydrogen (secondary N) is 2. The molecule has 152 valence electrons. The van der Waals surface area contributed by atoms with E-state index in [0.29, 0.717) is 12.3 Å². The summed E-state index contributed by atoms with van der Waals surface area (Å²) in [4.78, 5) is 34.1. The number of furan rings is 1. The molecule has 2 aromatic heterocycles. The summed E-state index contributed by atoms with van der Waals surface area (Å²) in [6, 6.07) is 7.84. The average molecular weight is 396 g/mol. The summed E-state index contributed by atoms with van der Waals surface area (Å²) in [5.74, 6) is 0.819. The Morgan fingerprint density at radius 1 is 1.34 bits per heavy atom. The molecule has 1 unspecified atom stereocenters. The fourth-order valence-corrected chi connectivity index (χ4v) is 4.04. The maximum absolute atomic E-state index is 13.0. The van der Waals surface area contributed by atoms with Crippen LogP contribution in [0.5, 0.6) is 5.75 Å². The lowest BCUT2D eigenvalue weighted by Crippen LogP contribution is -2.37. The van der Waals surface area contributed by atoms with Crippen molar-refractivity contribution in [3.8, 4) is 5.75 Å². The number of nitrogens with zero attached hydrogens (tertiary/aromatic N) is 2. The van der Waals surface area contributed by atoms with Crippen molar-refractivity contribution in [2.75, 3.05) is 26.7 Å². The van der Waals surface area contributed by atoms with Crippen LogP contribution in [0.4, 0.5) is 0 Å². The van der Waals surface area contributed by atoms with Crippen LogP contribution in [0.2, 0.25) is 0 Å². The number of fused-ring (bicyclic) bond motifs is 1. The molecule has 1 amide bonds. The van der Waals surface area contributed by atoms with E-state index in [1.54, 1.807) is 14.0 Å². The van der Waals surface area contributed by atoms with Crippen LogP contribution in [0.3, 0.4) is 0 Å². The van der Waals surface area contributed by atoms with E-state index in [0.717, 1.165) is 37.2 Å². The molecule has 2 N–H and O–H groups in total. The van der Waals surface area contributed by atoms with Gasteiger partial charge < -0.3 is 19.5 Å². The molecule has 8 heteroatoms. The first kappa shape index (κ1) is 19.2. The number of aromatic amines is 1. The number of methoxy groups -OCH3 is 1. The third kappa shape index (κ3) is 3.63. The molecule has 0 radical (unpaired) electrons. The van der Waals surface area contributed by atoms with E-state index in [1.165, 1.54) is 6.33 Å². The molecule has 0 bridgehead atoms. The van der Waals surface area contributed by atoms with E-state index in [2.05, 4.69) is 20.2 Å². The topological polar surface area (TPSA) is 100 Å². The minimum Gasteiger partial charge on any atom is -0.496 e. The minimum absolute atomic E-state index is 0.0209. The SMILES string of the molecule is COc1ccccc1C(CNC(=O)c1c(C)oc2nc[nH]c(=O)c12)N1CCCC1. The van der Waals surface area contributed by atoms with Gasteiger partial charge in [-0.15, -0.1) is 0 Å². The number of aryl methyl sites for hydroxylation is 1. The molecule has 3 aromatic rings. The molecule has 1 aromatic carbocycles. The zero-order chi connectivity index (χ0) is 20.4. The summed E-state index contributed by atoms with van der Waals surface area (Å²) in [6.45, 7) is 3.99. The van der Waals surface area contributed by atoms with Crippen molar-refractivity contribution in [2.45, 2.75) is 25.8 Å². The van der Waals surface area contributed by atoms with Gasteiger partial charge in [-0.05, 0) is 38.9 Å². The Hall–Kier alpha value is -3.13. The molecule has 1 aliphatic heterocycles. The highest BCUT2D eigenvalue weighted by atomic mass is 16.5. The van der Waals surface area contributed by atoms with E-state index in [-0.39, 0.29) is 28.6 Å². The molecule has 0 aliphatic carbocycles. The summed E-state index contributed by atoms with van der Waals surface area (Å²) < 4.78 is 11.1. The first-order valence-electron chi connectivity index (χ1n) is 9.72. The van der Waals surface area contributed by atoms with Gasteiger partial charge >= 0.3 is 0 Å². The fourth-order valence-electron chi connectivity index (χ4n) is 4.04. The van der Waals surface area contributed by atoms with Gasteiger partial charge in [-0.25, -0.2) is 4.98 Å². The highest BCUT2D eigenvalue weighted by molar-refractivity contribution is 6.06. The van der Waals surface area contributed by atoms with Gasteiger partial charge in [0.25, 0.3) is 11.5 Å². The summed E-state index contributed by atoms with van der Waals surface area (Å²) >= 11 is 0. The van der Waals surface area contributed by atoms with Crippen molar-refractivity contribution >= 4 is 17.0 Å². The molecule has 0 spiro atoms. The number of carbonyl (C=O) groups excluding carboxylic acids is 1. The van der Waals surface area contributed by atoms with Gasteiger partial charge in [-0.2, -0.15) is 0 Å². The number of hydrogen-bond donors (Lipinski definition) is 2. The van der Waals surface area contributed by atoms with Crippen molar-refractivity contribution in [3.05, 3.63) is 57.8 Å². The monoisotopic (exact) mass is 396 g/mol. The van der Waals surface area contributed by atoms with E-state index in [4.69, 9.17) is 9.15 Å². The highest BCUT2D eigenvalue weighted by Gasteiger charge is 2.28. The predicted octanol–water partition coefficient (Wildman–Crippen LogP) is 2.40. The van der Waals surface area contributed by atoms with Crippen molar-refractivity contribution in [2.24, 2.45) is 0 Å². The molecule has 1 aliphatic rings. The number of likely N-dealkylation sites (tertiary alicyclic amines) is 1. The number of carbonyl (C=O) groups is 1. The van der Waals surface area contributed by atoms with Gasteiger partial charge in [-0.1, -0.05) is 18.2 Å². The second-order valence-corrected chi connectivity index (χ2v) is 7.16. The van der Waals surface area contributed by atoms with Gasteiger partial charge in [0, 0.05) is 12.1 Å². The minimum atomic E-state index is -0.391. The van der Waals surface area contributed by atoms with Crippen LogP contribution in [0.25, 0.3) is 11.1 Å². The van der Waals surface area contributed by atoms with Crippen LogP contribution in [0.1, 0.15) is 40.6 Å². The Labute approximate surface area is 167 Å². The number of hydrogen-bond acceptors (Lipinski definition) is 6. The molecule has 1 atom stereocenters. The maximum Gasteiger partial charge on any atom is 0.262 e. The molecule has 1 fully saturated rings. The molecular weight excluding hydrogens is 372 g/mol. The van der Waals surface area contributed by atoms with Crippen LogP contribution < -0.4 is 15.6 Å². The van der Waals surface area contributed by atoms with Gasteiger partial charge in [0.1, 0.15) is 16.9 Å².